The minimum absolute atomic E-state index is 0.0128. The number of carbonyl (C=O) groups excluding carboxylic acids is 1. The minimum Gasteiger partial charge on any atom is -0.494 e. The number of anilines is 1. The molecule has 1 N–H and O–H groups in total. The number of benzene rings is 1. The molecule has 1 saturated heterocycles. The maximum absolute atomic E-state index is 12.3. The van der Waals surface area contributed by atoms with Gasteiger partial charge in [0.1, 0.15) is 11.3 Å². The number of thiazole rings is 1. The van der Waals surface area contributed by atoms with Crippen LogP contribution < -0.4 is 15.0 Å². The number of hydrogen-bond acceptors (Lipinski definition) is 5. The molecule has 1 fully saturated rings. The number of amides is 2. The van der Waals surface area contributed by atoms with Crippen molar-refractivity contribution in [2.75, 3.05) is 38.2 Å². The molecule has 0 bridgehead atoms. The van der Waals surface area contributed by atoms with Crippen molar-refractivity contribution in [2.24, 2.45) is 0 Å². The van der Waals surface area contributed by atoms with E-state index in [0.29, 0.717) is 18.1 Å². The Morgan fingerprint density at radius 1 is 1.28 bits per heavy atom. The Hall–Kier alpha value is -1.73. The van der Waals surface area contributed by atoms with Crippen molar-refractivity contribution in [2.45, 2.75) is 26.3 Å². The highest BCUT2D eigenvalue weighted by Gasteiger charge is 2.26. The van der Waals surface area contributed by atoms with Crippen molar-refractivity contribution in [3.05, 3.63) is 17.2 Å². The summed E-state index contributed by atoms with van der Waals surface area (Å²) < 4.78 is 6.32. The molecule has 1 aliphatic heterocycles. The summed E-state index contributed by atoms with van der Waals surface area (Å²) in [5, 5.41) is 4.61. The van der Waals surface area contributed by atoms with Crippen LogP contribution in [0.2, 0.25) is 5.02 Å². The van der Waals surface area contributed by atoms with E-state index in [0.717, 1.165) is 34.2 Å². The lowest BCUT2D eigenvalue weighted by atomic mass is 10.1. The molecule has 8 heteroatoms. The monoisotopic (exact) mass is 382 g/mol. The third-order valence-electron chi connectivity index (χ3n) is 3.99. The van der Waals surface area contributed by atoms with Crippen LogP contribution in [0.25, 0.3) is 10.2 Å². The number of piperazine rings is 1. The number of methoxy groups -OCH3 is 1. The zero-order valence-electron chi connectivity index (χ0n) is 14.9. The molecule has 25 heavy (non-hydrogen) atoms. The van der Waals surface area contributed by atoms with Crippen molar-refractivity contribution >= 4 is 44.3 Å². The first-order chi connectivity index (χ1) is 11.8. The number of fused-ring (bicyclic) bond motifs is 1. The maximum Gasteiger partial charge on any atom is 0.317 e. The van der Waals surface area contributed by atoms with E-state index in [9.17, 15) is 4.79 Å². The third-order valence-corrected chi connectivity index (χ3v) is 5.56. The van der Waals surface area contributed by atoms with Crippen LogP contribution in [0, 0.1) is 0 Å². The van der Waals surface area contributed by atoms with Gasteiger partial charge in [-0.3, -0.25) is 0 Å². The first-order valence-electron chi connectivity index (χ1n) is 8.23. The fraction of sp³-hybridized carbons (Fsp3) is 0.529. The normalized spacial score (nSPS) is 15.6. The molecule has 0 saturated carbocycles. The fourth-order valence-corrected chi connectivity index (χ4v) is 4.05. The van der Waals surface area contributed by atoms with E-state index < -0.39 is 0 Å². The first-order valence-corrected chi connectivity index (χ1v) is 9.43. The molecule has 0 atom stereocenters. The van der Waals surface area contributed by atoms with Gasteiger partial charge >= 0.3 is 6.03 Å². The molecule has 136 valence electrons. The summed E-state index contributed by atoms with van der Waals surface area (Å²) >= 11 is 7.86. The quantitative estimate of drug-likeness (QED) is 0.862. The predicted octanol–water partition coefficient (Wildman–Crippen LogP) is 3.59. The van der Waals surface area contributed by atoms with Crippen molar-refractivity contribution in [1.82, 2.24) is 15.2 Å². The van der Waals surface area contributed by atoms with Crippen LogP contribution in [-0.2, 0) is 0 Å². The average Bonchev–Trinajstić information content (AvgIpc) is 3.00. The summed E-state index contributed by atoms with van der Waals surface area (Å²) in [5.74, 6) is 0.727. The Kier molecular flexibility index (Phi) is 4.97. The standard InChI is InChI=1S/C17H23ClN4O2S/c1-17(2,3)20-15(23)21-7-9-22(10-8-21)16-19-13-12(24-4)6-5-11(18)14(13)25-16/h5-6H,7-10H2,1-4H3,(H,20,23). The van der Waals surface area contributed by atoms with E-state index in [1.165, 1.54) is 0 Å². The molecule has 0 radical (unpaired) electrons. The largest absolute Gasteiger partial charge is 0.494 e. The topological polar surface area (TPSA) is 57.7 Å². The highest BCUT2D eigenvalue weighted by atomic mass is 35.5. The Labute approximate surface area is 156 Å². The van der Waals surface area contributed by atoms with Crippen molar-refractivity contribution in [3.8, 4) is 5.75 Å². The molecule has 2 heterocycles. The van der Waals surface area contributed by atoms with Gasteiger partial charge in [0.15, 0.2) is 5.13 Å². The van der Waals surface area contributed by atoms with Crippen LogP contribution in [-0.4, -0.2) is 54.7 Å². The molecule has 6 nitrogen and oxygen atoms in total. The predicted molar refractivity (Wildman–Crippen MR) is 103 cm³/mol. The van der Waals surface area contributed by atoms with Gasteiger partial charge < -0.3 is 19.9 Å². The van der Waals surface area contributed by atoms with Crippen LogP contribution >= 0.6 is 22.9 Å². The van der Waals surface area contributed by atoms with E-state index >= 15 is 0 Å². The van der Waals surface area contributed by atoms with Gasteiger partial charge in [-0.05, 0) is 32.9 Å². The zero-order valence-corrected chi connectivity index (χ0v) is 16.5. The van der Waals surface area contributed by atoms with Crippen molar-refractivity contribution < 1.29 is 9.53 Å². The van der Waals surface area contributed by atoms with Gasteiger partial charge in [0.05, 0.1) is 16.8 Å². The van der Waals surface area contributed by atoms with Gasteiger partial charge in [0.2, 0.25) is 0 Å². The van der Waals surface area contributed by atoms with Crippen LogP contribution in [0.5, 0.6) is 5.75 Å². The third kappa shape index (κ3) is 3.93. The summed E-state index contributed by atoms with van der Waals surface area (Å²) in [4.78, 5) is 21.0. The summed E-state index contributed by atoms with van der Waals surface area (Å²) in [5.41, 5.74) is 0.567. The fourth-order valence-electron chi connectivity index (χ4n) is 2.74. The average molecular weight is 383 g/mol. The van der Waals surface area contributed by atoms with Crippen molar-refractivity contribution in [3.63, 3.8) is 0 Å². The number of nitrogens with one attached hydrogen (secondary N) is 1. The Balaban J connectivity index is 1.72. The summed E-state index contributed by atoms with van der Waals surface area (Å²) in [7, 11) is 1.63. The molecule has 1 aromatic carbocycles. The molecule has 1 aliphatic rings. The van der Waals surface area contributed by atoms with Crippen LogP contribution in [0.3, 0.4) is 0 Å². The van der Waals surface area contributed by atoms with Gasteiger partial charge in [-0.1, -0.05) is 22.9 Å². The maximum atomic E-state index is 12.3. The number of carbonyl (C=O) groups is 1. The van der Waals surface area contributed by atoms with E-state index in [1.54, 1.807) is 18.4 Å². The molecular formula is C17H23ClN4O2S. The SMILES string of the molecule is COc1ccc(Cl)c2sc(N3CCN(C(=O)NC(C)(C)C)CC3)nc12. The second-order valence-electron chi connectivity index (χ2n) is 7.08. The molecule has 2 aromatic rings. The van der Waals surface area contributed by atoms with Crippen LogP contribution in [0.15, 0.2) is 12.1 Å². The van der Waals surface area contributed by atoms with Crippen LogP contribution in [0.4, 0.5) is 9.93 Å². The summed E-state index contributed by atoms with van der Waals surface area (Å²) in [6.45, 7) is 8.79. The number of hydrogen-bond donors (Lipinski definition) is 1. The first kappa shape index (κ1) is 18.1. The van der Waals surface area contributed by atoms with Gasteiger partial charge in [-0.15, -0.1) is 0 Å². The van der Waals surface area contributed by atoms with Gasteiger partial charge in [0.25, 0.3) is 0 Å². The van der Waals surface area contributed by atoms with Gasteiger partial charge in [0, 0.05) is 31.7 Å². The second-order valence-corrected chi connectivity index (χ2v) is 8.46. The Morgan fingerprint density at radius 3 is 2.56 bits per heavy atom. The van der Waals surface area contributed by atoms with E-state index in [-0.39, 0.29) is 11.6 Å². The smallest absolute Gasteiger partial charge is 0.317 e. The van der Waals surface area contributed by atoms with Gasteiger partial charge in [-0.25, -0.2) is 9.78 Å². The number of aromatic nitrogens is 1. The molecule has 0 unspecified atom stereocenters. The number of nitrogens with zero attached hydrogens (tertiary/aromatic N) is 3. The molecular weight excluding hydrogens is 360 g/mol. The van der Waals surface area contributed by atoms with E-state index in [1.807, 2.05) is 37.8 Å². The lowest BCUT2D eigenvalue weighted by molar-refractivity contribution is 0.185. The lowest BCUT2D eigenvalue weighted by Gasteiger charge is -2.36. The highest BCUT2D eigenvalue weighted by Crippen LogP contribution is 2.38. The zero-order chi connectivity index (χ0) is 18.2. The summed E-state index contributed by atoms with van der Waals surface area (Å²) in [6.07, 6.45) is 0. The number of ether oxygens (including phenoxy) is 1. The molecule has 3 rings (SSSR count). The minimum atomic E-state index is -0.228. The van der Waals surface area contributed by atoms with E-state index in [4.69, 9.17) is 21.3 Å². The number of urea groups is 1. The molecule has 2 amide bonds. The van der Waals surface area contributed by atoms with E-state index in [2.05, 4.69) is 10.2 Å². The Morgan fingerprint density at radius 2 is 1.96 bits per heavy atom. The molecule has 0 spiro atoms. The lowest BCUT2D eigenvalue weighted by Crippen LogP contribution is -2.55. The number of rotatable bonds is 2. The van der Waals surface area contributed by atoms with Crippen LogP contribution in [0.1, 0.15) is 20.8 Å². The molecule has 1 aromatic heterocycles. The molecule has 0 aliphatic carbocycles. The second kappa shape index (κ2) is 6.88. The highest BCUT2D eigenvalue weighted by molar-refractivity contribution is 7.22. The van der Waals surface area contributed by atoms with Gasteiger partial charge in [-0.2, -0.15) is 0 Å². The Bertz CT molecular complexity index is 779. The summed E-state index contributed by atoms with van der Waals surface area (Å²) in [6, 6.07) is 3.66. The van der Waals surface area contributed by atoms with Crippen molar-refractivity contribution in [1.29, 1.82) is 0 Å². The number of halogens is 1.